The topological polar surface area (TPSA) is 29.1 Å². The van der Waals surface area contributed by atoms with Gasteiger partial charge in [0.15, 0.2) is 0 Å². The van der Waals surface area contributed by atoms with Gasteiger partial charge in [-0.25, -0.2) is 0 Å². The number of rotatable bonds is 0. The van der Waals surface area contributed by atoms with Gasteiger partial charge in [0.25, 0.3) is 0 Å². The SMILES string of the molecule is C/C1=C/C/C=C\C=C/C2NC(=O)[C@@H]12. The Labute approximate surface area is 78.0 Å². The largest absolute Gasteiger partial charge is 0.348 e. The molecule has 2 atom stereocenters. The summed E-state index contributed by atoms with van der Waals surface area (Å²) in [5.41, 5.74) is 1.19. The third-order valence-corrected chi connectivity index (χ3v) is 2.58. The van der Waals surface area contributed by atoms with E-state index in [9.17, 15) is 4.79 Å². The fourth-order valence-corrected chi connectivity index (χ4v) is 1.78. The van der Waals surface area contributed by atoms with Gasteiger partial charge in [0.2, 0.25) is 5.91 Å². The molecule has 0 bridgehead atoms. The lowest BCUT2D eigenvalue weighted by molar-refractivity contribution is -0.131. The van der Waals surface area contributed by atoms with E-state index in [2.05, 4.69) is 17.5 Å². The van der Waals surface area contributed by atoms with Crippen molar-refractivity contribution in [3.05, 3.63) is 36.0 Å². The fraction of sp³-hybridized carbons (Fsp3) is 0.364. The first-order valence-corrected chi connectivity index (χ1v) is 4.59. The van der Waals surface area contributed by atoms with Crippen LogP contribution in [0.5, 0.6) is 0 Å². The smallest absolute Gasteiger partial charge is 0.230 e. The van der Waals surface area contributed by atoms with Crippen LogP contribution in [0.15, 0.2) is 36.0 Å². The van der Waals surface area contributed by atoms with Crippen molar-refractivity contribution >= 4 is 5.91 Å². The molecule has 1 unspecified atom stereocenters. The summed E-state index contributed by atoms with van der Waals surface area (Å²) < 4.78 is 0. The standard InChI is InChI=1S/C11H13NO/c1-8-6-4-2-3-5-7-9-10(8)11(13)12-9/h2-3,5-7,9-10H,4H2,1H3,(H,12,13)/b3-2-,7-5-,8-6-/t9?,10-/m0/s1. The Bertz CT molecular complexity index is 312. The molecule has 2 aliphatic rings. The van der Waals surface area contributed by atoms with Crippen LogP contribution in [0, 0.1) is 5.92 Å². The zero-order chi connectivity index (χ0) is 9.26. The number of allylic oxidation sites excluding steroid dienone is 4. The Morgan fingerprint density at radius 2 is 2.31 bits per heavy atom. The number of hydrogen-bond donors (Lipinski definition) is 1. The van der Waals surface area contributed by atoms with E-state index in [4.69, 9.17) is 0 Å². The molecule has 0 spiro atoms. The summed E-state index contributed by atoms with van der Waals surface area (Å²) in [5.74, 6) is 0.237. The zero-order valence-electron chi connectivity index (χ0n) is 7.66. The van der Waals surface area contributed by atoms with E-state index in [0.717, 1.165) is 6.42 Å². The van der Waals surface area contributed by atoms with Crippen LogP contribution in [0.25, 0.3) is 0 Å². The first-order chi connectivity index (χ1) is 6.29. The van der Waals surface area contributed by atoms with Gasteiger partial charge in [-0.15, -0.1) is 0 Å². The van der Waals surface area contributed by atoms with Crippen molar-refractivity contribution in [2.24, 2.45) is 5.92 Å². The number of nitrogens with one attached hydrogen (secondary N) is 1. The van der Waals surface area contributed by atoms with Crippen LogP contribution < -0.4 is 5.32 Å². The number of fused-ring (bicyclic) bond motifs is 1. The van der Waals surface area contributed by atoms with E-state index < -0.39 is 0 Å². The molecule has 1 saturated heterocycles. The van der Waals surface area contributed by atoms with Gasteiger partial charge in [-0.2, -0.15) is 0 Å². The Balaban J connectivity index is 2.25. The molecular weight excluding hydrogens is 162 g/mol. The minimum absolute atomic E-state index is 0.0798. The molecule has 1 aliphatic carbocycles. The molecule has 1 N–H and O–H groups in total. The van der Waals surface area contributed by atoms with Crippen LogP contribution in [-0.4, -0.2) is 11.9 Å². The molecule has 0 radical (unpaired) electrons. The summed E-state index contributed by atoms with van der Waals surface area (Å²) in [5, 5.41) is 2.87. The second-order valence-corrected chi connectivity index (χ2v) is 3.51. The monoisotopic (exact) mass is 175 g/mol. The molecule has 1 aliphatic heterocycles. The maximum atomic E-state index is 11.2. The summed E-state index contributed by atoms with van der Waals surface area (Å²) in [6.07, 6.45) is 11.2. The average molecular weight is 175 g/mol. The molecule has 1 heterocycles. The molecule has 2 heteroatoms. The lowest BCUT2D eigenvalue weighted by Crippen LogP contribution is -2.57. The number of amides is 1. The predicted molar refractivity (Wildman–Crippen MR) is 52.1 cm³/mol. The molecular formula is C11H13NO. The van der Waals surface area contributed by atoms with Crippen molar-refractivity contribution in [1.82, 2.24) is 5.32 Å². The van der Waals surface area contributed by atoms with Gasteiger partial charge in [-0.05, 0) is 13.3 Å². The maximum Gasteiger partial charge on any atom is 0.230 e. The molecule has 0 aromatic carbocycles. The van der Waals surface area contributed by atoms with Crippen molar-refractivity contribution in [2.45, 2.75) is 19.4 Å². The summed E-state index contributed by atoms with van der Waals surface area (Å²) >= 11 is 0. The van der Waals surface area contributed by atoms with Gasteiger partial charge in [0.1, 0.15) is 0 Å². The second-order valence-electron chi connectivity index (χ2n) is 3.51. The summed E-state index contributed by atoms with van der Waals surface area (Å²) in [4.78, 5) is 11.2. The van der Waals surface area contributed by atoms with Gasteiger partial charge in [-0.3, -0.25) is 4.79 Å². The van der Waals surface area contributed by atoms with Gasteiger partial charge in [0.05, 0.1) is 12.0 Å². The molecule has 2 nitrogen and oxygen atoms in total. The van der Waals surface area contributed by atoms with E-state index in [0.29, 0.717) is 0 Å². The molecule has 0 aromatic rings. The fourth-order valence-electron chi connectivity index (χ4n) is 1.78. The Kier molecular flexibility index (Phi) is 2.05. The minimum atomic E-state index is 0.0798. The Hall–Kier alpha value is -1.31. The predicted octanol–water partition coefficient (Wildman–Crippen LogP) is 1.56. The van der Waals surface area contributed by atoms with E-state index in [1.54, 1.807) is 0 Å². The quantitative estimate of drug-likeness (QED) is 0.439. The molecule has 0 saturated carbocycles. The van der Waals surface area contributed by atoms with E-state index in [1.165, 1.54) is 5.57 Å². The first-order valence-electron chi connectivity index (χ1n) is 4.59. The van der Waals surface area contributed by atoms with Gasteiger partial charge >= 0.3 is 0 Å². The molecule has 68 valence electrons. The van der Waals surface area contributed by atoms with Gasteiger partial charge in [0, 0.05) is 0 Å². The highest BCUT2D eigenvalue weighted by Crippen LogP contribution is 2.25. The van der Waals surface area contributed by atoms with Crippen LogP contribution in [0.3, 0.4) is 0 Å². The lowest BCUT2D eigenvalue weighted by Gasteiger charge is -2.35. The average Bonchev–Trinajstić information content (AvgIpc) is 2.13. The number of carbonyl (C=O) groups excluding carboxylic acids is 1. The Morgan fingerprint density at radius 3 is 3.08 bits per heavy atom. The van der Waals surface area contributed by atoms with Gasteiger partial charge in [-0.1, -0.05) is 36.0 Å². The van der Waals surface area contributed by atoms with Crippen LogP contribution in [-0.2, 0) is 4.79 Å². The highest BCUT2D eigenvalue weighted by Gasteiger charge is 2.38. The zero-order valence-corrected chi connectivity index (χ0v) is 7.66. The summed E-state index contributed by atoms with van der Waals surface area (Å²) in [7, 11) is 0. The van der Waals surface area contributed by atoms with Crippen LogP contribution in [0.1, 0.15) is 13.3 Å². The van der Waals surface area contributed by atoms with Crippen LogP contribution in [0.2, 0.25) is 0 Å². The maximum absolute atomic E-state index is 11.2. The highest BCUT2D eigenvalue weighted by atomic mass is 16.2. The lowest BCUT2D eigenvalue weighted by atomic mass is 9.84. The molecule has 0 aromatic heterocycles. The molecule has 1 fully saturated rings. The van der Waals surface area contributed by atoms with Crippen molar-refractivity contribution in [1.29, 1.82) is 0 Å². The highest BCUT2D eigenvalue weighted by molar-refractivity contribution is 5.89. The van der Waals surface area contributed by atoms with Crippen molar-refractivity contribution in [3.63, 3.8) is 0 Å². The third kappa shape index (κ3) is 1.44. The summed E-state index contributed by atoms with van der Waals surface area (Å²) in [6.45, 7) is 2.03. The number of carbonyl (C=O) groups is 1. The molecule has 13 heavy (non-hydrogen) atoms. The normalized spacial score (nSPS) is 40.7. The second kappa shape index (κ2) is 3.21. The van der Waals surface area contributed by atoms with Crippen molar-refractivity contribution < 1.29 is 4.79 Å². The van der Waals surface area contributed by atoms with Crippen molar-refractivity contribution in [2.75, 3.05) is 0 Å². The first kappa shape index (κ1) is 8.30. The van der Waals surface area contributed by atoms with E-state index >= 15 is 0 Å². The van der Waals surface area contributed by atoms with Crippen LogP contribution >= 0.6 is 0 Å². The van der Waals surface area contributed by atoms with E-state index in [-0.39, 0.29) is 17.9 Å². The van der Waals surface area contributed by atoms with Crippen molar-refractivity contribution in [3.8, 4) is 0 Å². The molecule has 2 rings (SSSR count). The van der Waals surface area contributed by atoms with Crippen LogP contribution in [0.4, 0.5) is 0 Å². The summed E-state index contributed by atoms with van der Waals surface area (Å²) in [6, 6.07) is 0.214. The number of β-lactam (4-membered cyclic amide) rings is 1. The number of hydrogen-bond acceptors (Lipinski definition) is 1. The van der Waals surface area contributed by atoms with Gasteiger partial charge < -0.3 is 5.32 Å². The third-order valence-electron chi connectivity index (χ3n) is 2.58. The Morgan fingerprint density at radius 1 is 1.46 bits per heavy atom. The van der Waals surface area contributed by atoms with E-state index in [1.807, 2.05) is 25.2 Å². The minimum Gasteiger partial charge on any atom is -0.348 e. The molecule has 1 amide bonds.